The summed E-state index contributed by atoms with van der Waals surface area (Å²) in [4.78, 5) is 2.21. The average molecular weight is 325 g/mol. The van der Waals surface area contributed by atoms with Crippen LogP contribution in [0.3, 0.4) is 0 Å². The van der Waals surface area contributed by atoms with Gasteiger partial charge in [0.2, 0.25) is 0 Å². The van der Waals surface area contributed by atoms with E-state index < -0.39 is 12.7 Å². The quantitative estimate of drug-likeness (QED) is 0.864. The van der Waals surface area contributed by atoms with Gasteiger partial charge in [-0.1, -0.05) is 18.2 Å². The zero-order valence-electron chi connectivity index (χ0n) is 13.2. The molecule has 0 spiro atoms. The minimum Gasteiger partial charge on any atom is -0.493 e. The van der Waals surface area contributed by atoms with Gasteiger partial charge in [0.05, 0.1) is 13.2 Å². The van der Waals surface area contributed by atoms with Crippen LogP contribution in [-0.2, 0) is 5.41 Å². The second-order valence-corrected chi connectivity index (χ2v) is 6.19. The summed E-state index contributed by atoms with van der Waals surface area (Å²) in [6.07, 6.45) is 4.85. The lowest BCUT2D eigenvalue weighted by Gasteiger charge is -2.39. The molecule has 4 nitrogen and oxygen atoms in total. The van der Waals surface area contributed by atoms with Crippen molar-refractivity contribution in [3.8, 4) is 11.5 Å². The molecule has 0 bridgehead atoms. The Kier molecular flexibility index (Phi) is 4.29. The molecule has 1 aromatic carbocycles. The van der Waals surface area contributed by atoms with Gasteiger partial charge in [0.25, 0.3) is 0 Å². The molecule has 1 N–H and O–H groups in total. The molecule has 3 atom stereocenters. The lowest BCUT2D eigenvalue weighted by Crippen LogP contribution is -2.44. The van der Waals surface area contributed by atoms with E-state index in [4.69, 9.17) is 4.74 Å². The van der Waals surface area contributed by atoms with E-state index in [1.54, 1.807) is 18.2 Å². The second kappa shape index (κ2) is 6.09. The molecule has 2 unspecified atom stereocenters. The standard InChI is InChI=1S/C17H21F2NO3/c1-20-8-7-17(6-5-12(21)10-15(17)20)11-3-4-13(22-2)14(9-11)23-16(18)19/h3-6,9,12,15-16,21H,7-8,10H2,1-2H3/t12?,15?,17-/m0/s1. The van der Waals surface area contributed by atoms with Crippen molar-refractivity contribution >= 4 is 0 Å². The van der Waals surface area contributed by atoms with Crippen molar-refractivity contribution in [1.82, 2.24) is 4.90 Å². The van der Waals surface area contributed by atoms with Gasteiger partial charge in [0.1, 0.15) is 0 Å². The highest BCUT2D eigenvalue weighted by Crippen LogP contribution is 2.47. The number of nitrogens with zero attached hydrogens (tertiary/aromatic N) is 1. The third-order valence-electron chi connectivity index (χ3n) is 5.00. The third kappa shape index (κ3) is 2.81. The summed E-state index contributed by atoms with van der Waals surface area (Å²) < 4.78 is 35.0. The van der Waals surface area contributed by atoms with E-state index in [9.17, 15) is 13.9 Å². The number of methoxy groups -OCH3 is 1. The first-order valence-corrected chi connectivity index (χ1v) is 7.67. The first kappa shape index (κ1) is 16.2. The molecular weight excluding hydrogens is 304 g/mol. The number of rotatable bonds is 4. The summed E-state index contributed by atoms with van der Waals surface area (Å²) in [5, 5.41) is 9.93. The Bertz CT molecular complexity index is 608. The van der Waals surface area contributed by atoms with Gasteiger partial charge in [-0.15, -0.1) is 0 Å². The van der Waals surface area contributed by atoms with Crippen LogP contribution in [0.25, 0.3) is 0 Å². The maximum Gasteiger partial charge on any atom is 0.387 e. The molecule has 0 amide bonds. The van der Waals surface area contributed by atoms with Gasteiger partial charge >= 0.3 is 6.61 Å². The molecule has 3 rings (SSSR count). The Morgan fingerprint density at radius 2 is 2.13 bits per heavy atom. The Hall–Kier alpha value is -1.66. The Balaban J connectivity index is 2.04. The van der Waals surface area contributed by atoms with Crippen molar-refractivity contribution in [2.24, 2.45) is 0 Å². The highest BCUT2D eigenvalue weighted by Gasteiger charge is 2.48. The molecule has 1 heterocycles. The molecule has 2 aliphatic rings. The summed E-state index contributed by atoms with van der Waals surface area (Å²) in [6, 6.07) is 5.33. The van der Waals surface area contributed by atoms with E-state index in [1.807, 2.05) is 19.2 Å². The van der Waals surface area contributed by atoms with Gasteiger partial charge in [-0.05, 0) is 44.1 Å². The first-order valence-electron chi connectivity index (χ1n) is 7.67. The van der Waals surface area contributed by atoms with Crippen molar-refractivity contribution in [2.75, 3.05) is 20.7 Å². The van der Waals surface area contributed by atoms with Crippen LogP contribution in [-0.4, -0.2) is 49.5 Å². The summed E-state index contributed by atoms with van der Waals surface area (Å²) in [7, 11) is 3.45. The van der Waals surface area contributed by atoms with Crippen LogP contribution in [0.2, 0.25) is 0 Å². The molecule has 1 fully saturated rings. The lowest BCUT2D eigenvalue weighted by molar-refractivity contribution is -0.0513. The second-order valence-electron chi connectivity index (χ2n) is 6.19. The number of aliphatic hydroxyl groups excluding tert-OH is 1. The maximum absolute atomic E-state index is 12.7. The smallest absolute Gasteiger partial charge is 0.387 e. The molecule has 0 aromatic heterocycles. The van der Waals surface area contributed by atoms with Gasteiger partial charge in [0, 0.05) is 11.5 Å². The van der Waals surface area contributed by atoms with Crippen molar-refractivity contribution in [2.45, 2.75) is 37.0 Å². The maximum atomic E-state index is 12.7. The highest BCUT2D eigenvalue weighted by molar-refractivity contribution is 5.48. The molecular formula is C17H21F2NO3. The zero-order chi connectivity index (χ0) is 16.6. The van der Waals surface area contributed by atoms with Crippen LogP contribution < -0.4 is 9.47 Å². The number of hydrogen-bond acceptors (Lipinski definition) is 4. The predicted octanol–water partition coefficient (Wildman–Crippen LogP) is 2.56. The number of fused-ring (bicyclic) bond motifs is 1. The van der Waals surface area contributed by atoms with Crippen molar-refractivity contribution in [3.63, 3.8) is 0 Å². The number of alkyl halides is 2. The lowest BCUT2D eigenvalue weighted by atomic mass is 9.69. The SMILES string of the molecule is COc1ccc([C@@]23C=CC(O)CC2N(C)CC3)cc1OC(F)F. The van der Waals surface area contributed by atoms with E-state index >= 15 is 0 Å². The summed E-state index contributed by atoms with van der Waals surface area (Å²) in [6.45, 7) is -2.01. The Morgan fingerprint density at radius 1 is 1.35 bits per heavy atom. The normalized spacial score (nSPS) is 30.5. The predicted molar refractivity (Wildman–Crippen MR) is 82.1 cm³/mol. The molecule has 23 heavy (non-hydrogen) atoms. The summed E-state index contributed by atoms with van der Waals surface area (Å²) in [5.41, 5.74) is 0.618. The van der Waals surface area contributed by atoms with E-state index in [1.165, 1.54) is 7.11 Å². The fourth-order valence-electron chi connectivity index (χ4n) is 3.84. The van der Waals surface area contributed by atoms with E-state index in [0.717, 1.165) is 18.5 Å². The monoisotopic (exact) mass is 325 g/mol. The fourth-order valence-corrected chi connectivity index (χ4v) is 3.84. The van der Waals surface area contributed by atoms with Gasteiger partial charge in [-0.2, -0.15) is 8.78 Å². The van der Waals surface area contributed by atoms with Gasteiger partial charge in [0.15, 0.2) is 11.5 Å². The molecule has 1 aliphatic heterocycles. The van der Waals surface area contributed by atoms with E-state index in [0.29, 0.717) is 6.42 Å². The Morgan fingerprint density at radius 3 is 2.83 bits per heavy atom. The fraction of sp³-hybridized carbons (Fsp3) is 0.529. The average Bonchev–Trinajstić information content (AvgIpc) is 2.85. The van der Waals surface area contributed by atoms with Gasteiger partial charge < -0.3 is 19.5 Å². The zero-order valence-corrected chi connectivity index (χ0v) is 13.2. The largest absolute Gasteiger partial charge is 0.493 e. The summed E-state index contributed by atoms with van der Waals surface area (Å²) in [5.74, 6) is 0.329. The van der Waals surface area contributed by atoms with Gasteiger partial charge in [-0.25, -0.2) is 0 Å². The number of ether oxygens (including phenoxy) is 2. The highest BCUT2D eigenvalue weighted by atomic mass is 19.3. The minimum atomic E-state index is -2.90. The number of halogens is 2. The molecule has 1 aliphatic carbocycles. The van der Waals surface area contributed by atoms with Crippen LogP contribution in [0, 0.1) is 0 Å². The van der Waals surface area contributed by atoms with Crippen LogP contribution in [0.4, 0.5) is 8.78 Å². The van der Waals surface area contributed by atoms with Crippen LogP contribution in [0.1, 0.15) is 18.4 Å². The number of hydrogen-bond donors (Lipinski definition) is 1. The van der Waals surface area contributed by atoms with Crippen LogP contribution in [0.15, 0.2) is 30.4 Å². The van der Waals surface area contributed by atoms with Crippen molar-refractivity contribution in [1.29, 1.82) is 0 Å². The summed E-state index contributed by atoms with van der Waals surface area (Å²) >= 11 is 0. The number of likely N-dealkylation sites (tertiary alicyclic amines) is 1. The molecule has 6 heteroatoms. The number of benzene rings is 1. The first-order chi connectivity index (χ1) is 11.0. The van der Waals surface area contributed by atoms with E-state index in [-0.39, 0.29) is 23.0 Å². The van der Waals surface area contributed by atoms with E-state index in [2.05, 4.69) is 9.64 Å². The number of likely N-dealkylation sites (N-methyl/N-ethyl adjacent to an activating group) is 1. The number of aliphatic hydroxyl groups is 1. The molecule has 1 saturated heterocycles. The molecule has 1 aromatic rings. The van der Waals surface area contributed by atoms with Crippen molar-refractivity contribution in [3.05, 3.63) is 35.9 Å². The topological polar surface area (TPSA) is 41.9 Å². The van der Waals surface area contributed by atoms with Crippen LogP contribution in [0.5, 0.6) is 11.5 Å². The molecule has 0 saturated carbocycles. The minimum absolute atomic E-state index is 0.0437. The van der Waals surface area contributed by atoms with Crippen molar-refractivity contribution < 1.29 is 23.4 Å². The van der Waals surface area contributed by atoms with Crippen LogP contribution >= 0.6 is 0 Å². The third-order valence-corrected chi connectivity index (χ3v) is 5.00. The molecule has 0 radical (unpaired) electrons. The molecule has 126 valence electrons. The van der Waals surface area contributed by atoms with Gasteiger partial charge in [-0.3, -0.25) is 0 Å². The Labute approximate surface area is 134 Å².